The van der Waals surface area contributed by atoms with E-state index in [1.807, 2.05) is 19.9 Å². The number of nitriles is 1. The maximum Gasteiger partial charge on any atom is 0.253 e. The fourth-order valence-corrected chi connectivity index (χ4v) is 3.91. The molecular formula is C29H31ClFN7O2. The van der Waals surface area contributed by atoms with Crippen LogP contribution in [0.4, 0.5) is 27.5 Å². The lowest BCUT2D eigenvalue weighted by molar-refractivity contribution is -0.115. The number of carbonyl (C=O) groups is 2. The van der Waals surface area contributed by atoms with Crippen LogP contribution in [0.5, 0.6) is 0 Å². The van der Waals surface area contributed by atoms with Crippen LogP contribution in [0.15, 0.2) is 60.8 Å². The maximum absolute atomic E-state index is 14.6. The van der Waals surface area contributed by atoms with Crippen LogP contribution in [0, 0.1) is 23.1 Å². The van der Waals surface area contributed by atoms with Crippen molar-refractivity contribution < 1.29 is 14.0 Å². The SMILES string of the molecule is C=C(CC(C)C)C(=O)N(C)c1cc(Nc2ncc(Cl)c(NCCCNC(=O)c3ccc(C#N)cc3)n2)ccc1F. The van der Waals surface area contributed by atoms with Crippen molar-refractivity contribution in [1.29, 1.82) is 5.26 Å². The third-order valence-electron chi connectivity index (χ3n) is 5.78. The molecule has 0 saturated carbocycles. The summed E-state index contributed by atoms with van der Waals surface area (Å²) in [6, 6.07) is 12.7. The normalized spacial score (nSPS) is 10.5. The first-order valence-corrected chi connectivity index (χ1v) is 13.0. The highest BCUT2D eigenvalue weighted by molar-refractivity contribution is 6.32. The molecule has 3 N–H and O–H groups in total. The van der Waals surface area contributed by atoms with Crippen molar-refractivity contribution in [3.63, 3.8) is 0 Å². The first-order valence-electron chi connectivity index (χ1n) is 12.7. The highest BCUT2D eigenvalue weighted by Crippen LogP contribution is 2.27. The van der Waals surface area contributed by atoms with Gasteiger partial charge >= 0.3 is 0 Å². The summed E-state index contributed by atoms with van der Waals surface area (Å²) >= 11 is 6.25. The number of aromatic nitrogens is 2. The van der Waals surface area contributed by atoms with Crippen LogP contribution in [-0.2, 0) is 4.79 Å². The summed E-state index contributed by atoms with van der Waals surface area (Å²) in [4.78, 5) is 34.8. The van der Waals surface area contributed by atoms with Gasteiger partial charge in [0.25, 0.3) is 11.8 Å². The molecule has 0 aliphatic rings. The Kier molecular flexibility index (Phi) is 10.6. The van der Waals surface area contributed by atoms with Crippen molar-refractivity contribution in [2.75, 3.05) is 35.7 Å². The molecule has 40 heavy (non-hydrogen) atoms. The Morgan fingerprint density at radius 1 is 1.18 bits per heavy atom. The van der Waals surface area contributed by atoms with E-state index in [2.05, 4.69) is 32.5 Å². The molecule has 0 bridgehead atoms. The van der Waals surface area contributed by atoms with E-state index < -0.39 is 5.82 Å². The smallest absolute Gasteiger partial charge is 0.253 e. The molecule has 2 aromatic carbocycles. The third-order valence-corrected chi connectivity index (χ3v) is 6.05. The molecule has 1 heterocycles. The zero-order valence-electron chi connectivity index (χ0n) is 22.6. The fraction of sp³-hybridized carbons (Fsp3) is 0.276. The fourth-order valence-electron chi connectivity index (χ4n) is 3.75. The van der Waals surface area contributed by atoms with E-state index in [-0.39, 0.29) is 29.4 Å². The molecule has 0 fully saturated rings. The summed E-state index contributed by atoms with van der Waals surface area (Å²) in [5.41, 5.74) is 1.93. The molecule has 3 aromatic rings. The summed E-state index contributed by atoms with van der Waals surface area (Å²) in [6.45, 7) is 8.69. The Hall–Kier alpha value is -4.49. The van der Waals surface area contributed by atoms with Gasteiger partial charge in [0, 0.05) is 37.0 Å². The van der Waals surface area contributed by atoms with Gasteiger partial charge in [-0.3, -0.25) is 9.59 Å². The van der Waals surface area contributed by atoms with Gasteiger partial charge in [-0.25, -0.2) is 9.37 Å². The Balaban J connectivity index is 1.57. The number of nitrogens with one attached hydrogen (secondary N) is 3. The first kappa shape index (κ1) is 30.1. The Morgan fingerprint density at radius 3 is 2.58 bits per heavy atom. The number of hydrogen-bond acceptors (Lipinski definition) is 7. The third kappa shape index (κ3) is 8.25. The van der Waals surface area contributed by atoms with E-state index >= 15 is 0 Å². The topological polar surface area (TPSA) is 123 Å². The van der Waals surface area contributed by atoms with Gasteiger partial charge in [0.05, 0.1) is 23.5 Å². The second-order valence-electron chi connectivity index (χ2n) is 9.47. The number of rotatable bonds is 12. The van der Waals surface area contributed by atoms with Crippen molar-refractivity contribution in [2.24, 2.45) is 5.92 Å². The van der Waals surface area contributed by atoms with E-state index in [0.717, 1.165) is 0 Å². The minimum atomic E-state index is -0.551. The molecule has 3 rings (SSSR count). The summed E-state index contributed by atoms with van der Waals surface area (Å²) in [5.74, 6) is -0.281. The number of amides is 2. The number of anilines is 4. The standard InChI is InChI=1S/C29H31ClFN7O2/c1-18(2)14-19(3)28(40)38(4)25-15-22(10-11-24(25)31)36-29-35-17-23(30)26(37-29)33-12-5-13-34-27(39)21-8-6-20(16-32)7-9-21/h6-11,15,17-18H,3,5,12-14H2,1-2,4H3,(H,34,39)(H2,33,35,36,37). The van der Waals surface area contributed by atoms with Crippen molar-refractivity contribution in [3.05, 3.63) is 82.8 Å². The van der Waals surface area contributed by atoms with E-state index in [9.17, 15) is 14.0 Å². The second-order valence-corrected chi connectivity index (χ2v) is 9.88. The molecule has 9 nitrogen and oxygen atoms in total. The first-order chi connectivity index (χ1) is 19.1. The highest BCUT2D eigenvalue weighted by Gasteiger charge is 2.19. The van der Waals surface area contributed by atoms with Crippen molar-refractivity contribution in [1.82, 2.24) is 15.3 Å². The van der Waals surface area contributed by atoms with Crippen LogP contribution in [0.3, 0.4) is 0 Å². The highest BCUT2D eigenvalue weighted by atomic mass is 35.5. The van der Waals surface area contributed by atoms with Crippen molar-refractivity contribution in [2.45, 2.75) is 26.7 Å². The Labute approximate surface area is 238 Å². The largest absolute Gasteiger partial charge is 0.369 e. The van der Waals surface area contributed by atoms with Crippen molar-refractivity contribution >= 4 is 46.6 Å². The van der Waals surface area contributed by atoms with E-state index in [4.69, 9.17) is 16.9 Å². The lowest BCUT2D eigenvalue weighted by atomic mass is 10.0. The average Bonchev–Trinajstić information content (AvgIpc) is 2.94. The number of likely N-dealkylation sites (N-methyl/N-ethyl adjacent to an activating group) is 1. The van der Waals surface area contributed by atoms with Crippen LogP contribution in [0.1, 0.15) is 42.6 Å². The minimum absolute atomic E-state index is 0.0928. The zero-order valence-corrected chi connectivity index (χ0v) is 23.3. The van der Waals surface area contributed by atoms with Gasteiger partial charge in [0.2, 0.25) is 5.95 Å². The molecule has 0 radical (unpaired) electrons. The molecule has 0 unspecified atom stereocenters. The van der Waals surface area contributed by atoms with E-state index in [1.165, 1.54) is 36.3 Å². The zero-order chi connectivity index (χ0) is 29.2. The van der Waals surface area contributed by atoms with E-state index in [0.29, 0.717) is 59.2 Å². The maximum atomic E-state index is 14.6. The van der Waals surface area contributed by atoms with Gasteiger partial charge in [-0.15, -0.1) is 0 Å². The van der Waals surface area contributed by atoms with Gasteiger partial charge in [0.1, 0.15) is 16.7 Å². The molecule has 0 spiro atoms. The van der Waals surface area contributed by atoms with E-state index in [1.54, 1.807) is 24.3 Å². The lowest BCUT2D eigenvalue weighted by Gasteiger charge is -2.21. The second kappa shape index (κ2) is 14.1. The molecule has 0 aliphatic heterocycles. The van der Waals surface area contributed by atoms with Crippen LogP contribution < -0.4 is 20.9 Å². The summed E-state index contributed by atoms with van der Waals surface area (Å²) in [6.07, 6.45) is 2.54. The Morgan fingerprint density at radius 2 is 1.90 bits per heavy atom. The Bertz CT molecular complexity index is 1420. The van der Waals surface area contributed by atoms with Crippen LogP contribution in [0.2, 0.25) is 5.02 Å². The predicted octanol–water partition coefficient (Wildman–Crippen LogP) is 5.68. The summed E-state index contributed by atoms with van der Waals surface area (Å²) < 4.78 is 14.6. The number of nitrogens with zero attached hydrogens (tertiary/aromatic N) is 4. The molecule has 0 atom stereocenters. The summed E-state index contributed by atoms with van der Waals surface area (Å²) in [5, 5.41) is 18.1. The van der Waals surface area contributed by atoms with Gasteiger partial charge in [-0.2, -0.15) is 10.2 Å². The van der Waals surface area contributed by atoms with Gasteiger partial charge in [-0.1, -0.05) is 32.0 Å². The number of halogens is 2. The molecule has 208 valence electrons. The van der Waals surface area contributed by atoms with Crippen LogP contribution >= 0.6 is 11.6 Å². The van der Waals surface area contributed by atoms with Crippen LogP contribution in [0.25, 0.3) is 0 Å². The molecule has 0 saturated heterocycles. The minimum Gasteiger partial charge on any atom is -0.369 e. The van der Waals surface area contributed by atoms with Gasteiger partial charge in [-0.05, 0) is 61.2 Å². The molecule has 1 aromatic heterocycles. The van der Waals surface area contributed by atoms with Crippen LogP contribution in [-0.4, -0.2) is 41.9 Å². The molecule has 0 aliphatic carbocycles. The predicted molar refractivity (Wildman–Crippen MR) is 155 cm³/mol. The quantitative estimate of drug-likeness (QED) is 0.191. The van der Waals surface area contributed by atoms with Gasteiger partial charge in [0.15, 0.2) is 0 Å². The number of carbonyl (C=O) groups excluding carboxylic acids is 2. The molecular weight excluding hydrogens is 533 g/mol. The molecule has 11 heteroatoms. The average molecular weight is 564 g/mol. The summed E-state index contributed by atoms with van der Waals surface area (Å²) in [7, 11) is 1.50. The molecule has 2 amide bonds. The van der Waals surface area contributed by atoms with Crippen molar-refractivity contribution in [3.8, 4) is 6.07 Å². The number of benzene rings is 2. The number of hydrogen-bond donors (Lipinski definition) is 3. The van der Waals surface area contributed by atoms with Gasteiger partial charge < -0.3 is 20.9 Å². The lowest BCUT2D eigenvalue weighted by Crippen LogP contribution is -2.28. The monoisotopic (exact) mass is 563 g/mol.